The molecule has 0 aliphatic carbocycles. The normalized spacial score (nSPS) is 12.7. The van der Waals surface area contributed by atoms with Crippen molar-refractivity contribution in [1.29, 1.82) is 0 Å². The highest BCUT2D eigenvalue weighted by atomic mass is 16.4. The van der Waals surface area contributed by atoms with Crippen molar-refractivity contribution in [3.8, 4) is 0 Å². The monoisotopic (exact) mass is 249 g/mol. The minimum atomic E-state index is -0.704. The van der Waals surface area contributed by atoms with E-state index in [9.17, 15) is 4.79 Å². The Balaban J connectivity index is 2.44. The molecule has 3 nitrogen and oxygen atoms in total. The molecule has 0 aromatic heterocycles. The number of unbranched alkanes of at least 4 members (excludes halogenated alkanes) is 1. The zero-order valence-corrected chi connectivity index (χ0v) is 11.5. The number of aliphatic carboxylic acids is 1. The van der Waals surface area contributed by atoms with Crippen LogP contribution in [-0.4, -0.2) is 29.6 Å². The van der Waals surface area contributed by atoms with Crippen LogP contribution >= 0.6 is 0 Å². The van der Waals surface area contributed by atoms with Crippen molar-refractivity contribution in [1.82, 2.24) is 4.90 Å². The van der Waals surface area contributed by atoms with Gasteiger partial charge in [-0.3, -0.25) is 9.69 Å². The van der Waals surface area contributed by atoms with E-state index in [0.29, 0.717) is 6.04 Å². The van der Waals surface area contributed by atoms with Crippen molar-refractivity contribution < 1.29 is 9.90 Å². The summed E-state index contributed by atoms with van der Waals surface area (Å²) in [5.74, 6) is -0.704. The molecule has 1 rings (SSSR count). The van der Waals surface area contributed by atoms with Crippen LogP contribution < -0.4 is 0 Å². The lowest BCUT2D eigenvalue weighted by Gasteiger charge is -2.26. The number of rotatable bonds is 7. The van der Waals surface area contributed by atoms with Crippen LogP contribution in [0.5, 0.6) is 0 Å². The maximum atomic E-state index is 10.4. The fourth-order valence-corrected chi connectivity index (χ4v) is 2.12. The maximum absolute atomic E-state index is 10.4. The highest BCUT2D eigenvalue weighted by Gasteiger charge is 2.12. The maximum Gasteiger partial charge on any atom is 0.303 e. The molecule has 0 bridgehead atoms. The van der Waals surface area contributed by atoms with Crippen molar-refractivity contribution in [2.45, 2.75) is 39.2 Å². The van der Waals surface area contributed by atoms with Crippen molar-refractivity contribution in [3.05, 3.63) is 35.4 Å². The zero-order valence-electron chi connectivity index (χ0n) is 11.5. The van der Waals surface area contributed by atoms with Gasteiger partial charge in [-0.2, -0.15) is 0 Å². The quantitative estimate of drug-likeness (QED) is 0.754. The third-order valence-corrected chi connectivity index (χ3v) is 3.45. The number of carboxylic acids is 1. The summed E-state index contributed by atoms with van der Waals surface area (Å²) in [4.78, 5) is 12.7. The van der Waals surface area contributed by atoms with Crippen LogP contribution in [0.15, 0.2) is 24.3 Å². The number of carbonyl (C=O) groups is 1. The molecule has 1 aromatic carbocycles. The second-order valence-electron chi connectivity index (χ2n) is 4.86. The molecule has 0 aliphatic heterocycles. The molecule has 100 valence electrons. The molecule has 1 N–H and O–H groups in total. The Bertz CT molecular complexity index is 390. The first kappa shape index (κ1) is 14.7. The second-order valence-corrected chi connectivity index (χ2v) is 4.86. The predicted octanol–water partition coefficient (Wildman–Crippen LogP) is 3.24. The Morgan fingerprint density at radius 1 is 1.33 bits per heavy atom. The van der Waals surface area contributed by atoms with Crippen LogP contribution in [0.4, 0.5) is 0 Å². The number of nitrogens with zero attached hydrogens (tertiary/aromatic N) is 1. The molecule has 18 heavy (non-hydrogen) atoms. The lowest BCUT2D eigenvalue weighted by Crippen LogP contribution is -2.24. The summed E-state index contributed by atoms with van der Waals surface area (Å²) in [6, 6.07) is 8.78. The average Bonchev–Trinajstić information content (AvgIpc) is 2.34. The smallest absolute Gasteiger partial charge is 0.303 e. The van der Waals surface area contributed by atoms with Gasteiger partial charge in [-0.15, -0.1) is 0 Å². The van der Waals surface area contributed by atoms with E-state index >= 15 is 0 Å². The van der Waals surface area contributed by atoms with Gasteiger partial charge in [0.25, 0.3) is 0 Å². The molecule has 3 heteroatoms. The van der Waals surface area contributed by atoms with Gasteiger partial charge in [0.15, 0.2) is 0 Å². The summed E-state index contributed by atoms with van der Waals surface area (Å²) in [6.07, 6.45) is 1.95. The molecule has 1 atom stereocenters. The van der Waals surface area contributed by atoms with E-state index in [-0.39, 0.29) is 6.42 Å². The van der Waals surface area contributed by atoms with Crippen molar-refractivity contribution in [3.63, 3.8) is 0 Å². The fraction of sp³-hybridized carbons (Fsp3) is 0.533. The van der Waals surface area contributed by atoms with Gasteiger partial charge >= 0.3 is 5.97 Å². The van der Waals surface area contributed by atoms with Crippen LogP contribution in [0, 0.1) is 6.92 Å². The highest BCUT2D eigenvalue weighted by Crippen LogP contribution is 2.22. The molecule has 1 aromatic rings. The summed E-state index contributed by atoms with van der Waals surface area (Å²) in [6.45, 7) is 5.26. The van der Waals surface area contributed by atoms with E-state index in [0.717, 1.165) is 19.4 Å². The van der Waals surface area contributed by atoms with Gasteiger partial charge in [-0.25, -0.2) is 0 Å². The fourth-order valence-electron chi connectivity index (χ4n) is 2.12. The molecule has 0 radical (unpaired) electrons. The van der Waals surface area contributed by atoms with Crippen molar-refractivity contribution >= 4 is 5.97 Å². The Morgan fingerprint density at radius 3 is 2.61 bits per heavy atom. The van der Waals surface area contributed by atoms with Gasteiger partial charge in [-0.05, 0) is 51.4 Å². The zero-order chi connectivity index (χ0) is 13.5. The van der Waals surface area contributed by atoms with Crippen LogP contribution in [0.25, 0.3) is 0 Å². The van der Waals surface area contributed by atoms with Gasteiger partial charge in [0.1, 0.15) is 0 Å². The van der Waals surface area contributed by atoms with E-state index in [1.807, 2.05) is 0 Å². The number of hydrogen-bond donors (Lipinski definition) is 1. The third-order valence-electron chi connectivity index (χ3n) is 3.45. The number of benzene rings is 1. The molecule has 0 heterocycles. The minimum absolute atomic E-state index is 0.270. The molecule has 0 spiro atoms. The second kappa shape index (κ2) is 7.17. The number of aryl methyl sites for hydroxylation is 1. The summed E-state index contributed by atoms with van der Waals surface area (Å²) < 4.78 is 0. The largest absolute Gasteiger partial charge is 0.481 e. The molecule has 0 saturated heterocycles. The van der Waals surface area contributed by atoms with E-state index < -0.39 is 5.97 Å². The first-order valence-electron chi connectivity index (χ1n) is 6.50. The van der Waals surface area contributed by atoms with Gasteiger partial charge < -0.3 is 5.11 Å². The Hall–Kier alpha value is -1.35. The highest BCUT2D eigenvalue weighted by molar-refractivity contribution is 5.66. The van der Waals surface area contributed by atoms with Crippen LogP contribution in [-0.2, 0) is 4.79 Å². The lowest BCUT2D eigenvalue weighted by molar-refractivity contribution is -0.137. The number of hydrogen-bond acceptors (Lipinski definition) is 2. The Morgan fingerprint density at radius 2 is 2.00 bits per heavy atom. The predicted molar refractivity (Wildman–Crippen MR) is 73.7 cm³/mol. The van der Waals surface area contributed by atoms with Gasteiger partial charge in [0.05, 0.1) is 0 Å². The van der Waals surface area contributed by atoms with Gasteiger partial charge in [0.2, 0.25) is 0 Å². The Kier molecular flexibility index (Phi) is 5.86. The first-order valence-corrected chi connectivity index (χ1v) is 6.50. The summed E-state index contributed by atoms with van der Waals surface area (Å²) in [5, 5.41) is 8.59. The molecule has 0 fully saturated rings. The molecular formula is C15H23NO2. The van der Waals surface area contributed by atoms with Crippen molar-refractivity contribution in [2.24, 2.45) is 0 Å². The molecule has 0 amide bonds. The van der Waals surface area contributed by atoms with E-state index in [1.165, 1.54) is 11.1 Å². The number of carboxylic acid groups (broad SMARTS) is 1. The SMILES string of the molecule is Cc1ccccc1C(C)N(C)CCCCC(=O)O. The van der Waals surface area contributed by atoms with E-state index in [2.05, 4.69) is 50.1 Å². The molecular weight excluding hydrogens is 226 g/mol. The molecule has 0 aliphatic rings. The average molecular weight is 249 g/mol. The molecule has 1 unspecified atom stereocenters. The minimum Gasteiger partial charge on any atom is -0.481 e. The third kappa shape index (κ3) is 4.49. The summed E-state index contributed by atoms with van der Waals surface area (Å²) in [5.41, 5.74) is 2.65. The lowest BCUT2D eigenvalue weighted by atomic mass is 10.0. The van der Waals surface area contributed by atoms with Gasteiger partial charge in [-0.1, -0.05) is 24.3 Å². The topological polar surface area (TPSA) is 40.5 Å². The van der Waals surface area contributed by atoms with Gasteiger partial charge in [0, 0.05) is 12.5 Å². The van der Waals surface area contributed by atoms with Crippen LogP contribution in [0.1, 0.15) is 43.4 Å². The standard InChI is InChI=1S/C15H23NO2/c1-12-8-4-5-9-14(12)13(2)16(3)11-7-6-10-15(17)18/h4-5,8-9,13H,6-7,10-11H2,1-3H3,(H,17,18). The van der Waals surface area contributed by atoms with Crippen LogP contribution in [0.2, 0.25) is 0 Å². The van der Waals surface area contributed by atoms with Crippen LogP contribution in [0.3, 0.4) is 0 Å². The first-order chi connectivity index (χ1) is 8.52. The van der Waals surface area contributed by atoms with E-state index in [4.69, 9.17) is 5.11 Å². The van der Waals surface area contributed by atoms with E-state index in [1.54, 1.807) is 0 Å². The Labute approximate surface area is 109 Å². The van der Waals surface area contributed by atoms with Crippen molar-refractivity contribution in [2.75, 3.05) is 13.6 Å². The summed E-state index contributed by atoms with van der Waals surface area (Å²) in [7, 11) is 2.10. The summed E-state index contributed by atoms with van der Waals surface area (Å²) >= 11 is 0. The molecule has 0 saturated carbocycles.